The normalized spacial score (nSPS) is 61.9. The van der Waals surface area contributed by atoms with Crippen molar-refractivity contribution in [2.75, 3.05) is 0 Å². The Morgan fingerprint density at radius 2 is 1.61 bits per heavy atom. The lowest BCUT2D eigenvalue weighted by atomic mass is 9.42. The fraction of sp³-hybridized carbons (Fsp3) is 0.857. The van der Waals surface area contributed by atoms with Crippen molar-refractivity contribution in [1.82, 2.24) is 0 Å². The molecular weight excluding hydrogens is 464 g/mol. The summed E-state index contributed by atoms with van der Waals surface area (Å²) in [6.07, 6.45) is 3.13. The van der Waals surface area contributed by atoms with Crippen LogP contribution in [-0.4, -0.2) is 72.4 Å². The maximum atomic E-state index is 13.3. The van der Waals surface area contributed by atoms with E-state index in [1.807, 2.05) is 13.8 Å². The molecule has 13 atom stereocenters. The molecule has 4 saturated carbocycles. The van der Waals surface area contributed by atoms with Gasteiger partial charge in [-0.2, -0.15) is 0 Å². The van der Waals surface area contributed by atoms with Crippen LogP contribution in [0.25, 0.3) is 0 Å². The van der Waals surface area contributed by atoms with Crippen molar-refractivity contribution in [2.45, 2.75) is 108 Å². The van der Waals surface area contributed by atoms with Crippen LogP contribution in [-0.2, 0) is 14.3 Å². The van der Waals surface area contributed by atoms with Crippen molar-refractivity contribution in [2.24, 2.45) is 39.9 Å². The predicted octanol–water partition coefficient (Wildman–Crippen LogP) is 1.25. The lowest BCUT2D eigenvalue weighted by Crippen LogP contribution is -2.70. The molecule has 0 unspecified atom stereocenters. The molecule has 8 nitrogen and oxygen atoms in total. The van der Waals surface area contributed by atoms with Gasteiger partial charge in [-0.1, -0.05) is 19.9 Å². The van der Waals surface area contributed by atoms with E-state index in [-0.39, 0.29) is 30.0 Å². The number of aliphatic hydroxyl groups is 5. The van der Waals surface area contributed by atoms with Crippen LogP contribution in [0.1, 0.15) is 72.6 Å². The molecular formula is C28H40O8. The van der Waals surface area contributed by atoms with E-state index in [4.69, 9.17) is 4.74 Å². The molecule has 5 fully saturated rings. The number of esters is 1. The highest BCUT2D eigenvalue weighted by atomic mass is 16.6. The van der Waals surface area contributed by atoms with Crippen molar-refractivity contribution >= 4 is 11.8 Å². The third kappa shape index (κ3) is 2.49. The van der Waals surface area contributed by atoms with E-state index in [9.17, 15) is 35.1 Å². The van der Waals surface area contributed by atoms with Crippen molar-refractivity contribution in [3.8, 4) is 0 Å². The van der Waals surface area contributed by atoms with Gasteiger partial charge in [0.15, 0.2) is 11.4 Å². The molecule has 5 N–H and O–H groups in total. The van der Waals surface area contributed by atoms with Gasteiger partial charge in [0.1, 0.15) is 17.3 Å². The molecule has 0 radical (unpaired) electrons. The molecule has 1 aliphatic heterocycles. The van der Waals surface area contributed by atoms with Gasteiger partial charge in [0.25, 0.3) is 0 Å². The minimum Gasteiger partial charge on any atom is -0.460 e. The second-order valence-corrected chi connectivity index (χ2v) is 13.9. The summed E-state index contributed by atoms with van der Waals surface area (Å²) in [5.41, 5.74) is -7.41. The highest BCUT2D eigenvalue weighted by Gasteiger charge is 2.76. The average Bonchev–Trinajstić information content (AvgIpc) is 3.22. The first-order valence-electron chi connectivity index (χ1n) is 13.5. The van der Waals surface area contributed by atoms with Crippen LogP contribution in [0.15, 0.2) is 12.2 Å². The lowest BCUT2D eigenvalue weighted by molar-refractivity contribution is -0.245. The number of carbonyl (C=O) groups is 2. The zero-order valence-corrected chi connectivity index (χ0v) is 21.6. The number of aliphatic hydroxyl groups excluding tert-OH is 2. The fourth-order valence-electron chi connectivity index (χ4n) is 10.2. The monoisotopic (exact) mass is 504 g/mol. The number of hydrogen-bond acceptors (Lipinski definition) is 8. The SMILES string of the molecule is C[C@@]12C[C@@H](OC(=O)[C@]1(C)O)[C@@H]([C@@]1(O)[C@H](O)C[C@H]3[C@@H]4C[C@H](O)[C@]5(O)CC=CC(=O)[C@]5(C)[C@H]4CC[C@@]31C)C2. The highest BCUT2D eigenvalue weighted by Crippen LogP contribution is 2.71. The Morgan fingerprint density at radius 1 is 0.917 bits per heavy atom. The molecule has 0 spiro atoms. The molecule has 1 heterocycles. The molecule has 0 aromatic rings. The summed E-state index contributed by atoms with van der Waals surface area (Å²) in [4.78, 5) is 25.9. The Hall–Kier alpha value is -1.32. The van der Waals surface area contributed by atoms with Crippen LogP contribution in [0.4, 0.5) is 0 Å². The average molecular weight is 505 g/mol. The van der Waals surface area contributed by atoms with Crippen molar-refractivity contribution < 1.29 is 39.9 Å². The van der Waals surface area contributed by atoms with Gasteiger partial charge in [-0.25, -0.2) is 4.79 Å². The smallest absolute Gasteiger partial charge is 0.338 e. The lowest BCUT2D eigenvalue weighted by Gasteiger charge is -2.63. The molecule has 0 aromatic heterocycles. The zero-order chi connectivity index (χ0) is 26.3. The number of rotatable bonds is 1. The first-order chi connectivity index (χ1) is 16.6. The molecule has 5 aliphatic carbocycles. The number of ether oxygens (including phenoxy) is 1. The van der Waals surface area contributed by atoms with Crippen molar-refractivity contribution in [1.29, 1.82) is 0 Å². The van der Waals surface area contributed by atoms with E-state index in [1.165, 1.54) is 13.0 Å². The second-order valence-electron chi connectivity index (χ2n) is 13.9. The van der Waals surface area contributed by atoms with Gasteiger partial charge in [-0.3, -0.25) is 4.79 Å². The number of fused-ring (bicyclic) bond motifs is 7. The molecule has 1 saturated heterocycles. The number of ketones is 1. The van der Waals surface area contributed by atoms with Crippen molar-refractivity contribution in [3.05, 3.63) is 12.2 Å². The van der Waals surface area contributed by atoms with Gasteiger partial charge >= 0.3 is 5.97 Å². The van der Waals surface area contributed by atoms with Gasteiger partial charge in [0.05, 0.1) is 17.6 Å². The quantitative estimate of drug-likeness (QED) is 0.336. The first-order valence-corrected chi connectivity index (χ1v) is 13.5. The Labute approximate surface area is 211 Å². The Kier molecular flexibility index (Phi) is 4.86. The van der Waals surface area contributed by atoms with Gasteiger partial charge in [-0.15, -0.1) is 0 Å². The summed E-state index contributed by atoms with van der Waals surface area (Å²) < 4.78 is 5.67. The van der Waals surface area contributed by atoms with E-state index < -0.39 is 63.2 Å². The van der Waals surface area contributed by atoms with Crippen LogP contribution in [0.3, 0.4) is 0 Å². The summed E-state index contributed by atoms with van der Waals surface area (Å²) in [6.45, 7) is 7.09. The number of hydrogen-bond donors (Lipinski definition) is 5. The maximum Gasteiger partial charge on any atom is 0.338 e. The molecule has 0 aromatic carbocycles. The number of allylic oxidation sites excluding steroid dienone is 1. The molecule has 2 bridgehead atoms. The van der Waals surface area contributed by atoms with Crippen LogP contribution >= 0.6 is 0 Å². The summed E-state index contributed by atoms with van der Waals surface area (Å²) in [7, 11) is 0. The van der Waals surface area contributed by atoms with Crippen LogP contribution in [0, 0.1) is 39.9 Å². The maximum absolute atomic E-state index is 13.3. The van der Waals surface area contributed by atoms with Crippen molar-refractivity contribution in [3.63, 3.8) is 0 Å². The van der Waals surface area contributed by atoms with E-state index in [0.717, 1.165) is 0 Å². The summed E-state index contributed by atoms with van der Waals surface area (Å²) in [5.74, 6) is -1.93. The second kappa shape index (κ2) is 7.00. The minimum atomic E-state index is -1.67. The van der Waals surface area contributed by atoms with Gasteiger partial charge in [-0.05, 0) is 82.6 Å². The van der Waals surface area contributed by atoms with Crippen LogP contribution < -0.4 is 0 Å². The molecule has 8 heteroatoms. The van der Waals surface area contributed by atoms with Gasteiger partial charge in [0, 0.05) is 16.7 Å². The highest BCUT2D eigenvalue weighted by molar-refractivity contribution is 5.97. The fourth-order valence-corrected chi connectivity index (χ4v) is 10.2. The number of carbonyl (C=O) groups excluding carboxylic acids is 2. The van der Waals surface area contributed by atoms with Gasteiger partial charge < -0.3 is 30.3 Å². The standard InChI is InChI=1S/C28H40O8/c1-23-12-17(18(13-23)36-22(32)26(23,4)33)28(35)21(31)11-16-14-10-20(30)27(34)8-5-6-19(29)25(27,3)15(14)7-9-24(16,28)2/h5-6,14-18,20-21,30-31,33-35H,7-13H2,1-4H3/t14-,15+,16+,17+,18-,20+,21-,23-,24+,25+,26+,27-,28-/m1/s1. The Balaban J connectivity index is 1.39. The zero-order valence-electron chi connectivity index (χ0n) is 21.6. The topological polar surface area (TPSA) is 145 Å². The molecule has 6 aliphatic rings. The molecule has 6 rings (SSSR count). The van der Waals surface area contributed by atoms with E-state index in [2.05, 4.69) is 0 Å². The van der Waals surface area contributed by atoms with E-state index in [1.54, 1.807) is 13.0 Å². The minimum absolute atomic E-state index is 0.162. The van der Waals surface area contributed by atoms with E-state index >= 15 is 0 Å². The van der Waals surface area contributed by atoms with E-state index in [0.29, 0.717) is 38.5 Å². The predicted molar refractivity (Wildman–Crippen MR) is 127 cm³/mol. The molecule has 0 amide bonds. The molecule has 36 heavy (non-hydrogen) atoms. The van der Waals surface area contributed by atoms with Gasteiger partial charge in [0.2, 0.25) is 0 Å². The Bertz CT molecular complexity index is 1050. The molecule has 200 valence electrons. The largest absolute Gasteiger partial charge is 0.460 e. The summed E-state index contributed by atoms with van der Waals surface area (Å²) in [5, 5.41) is 57.7. The third-order valence-corrected chi connectivity index (χ3v) is 12.8. The van der Waals surface area contributed by atoms with Crippen LogP contribution in [0.5, 0.6) is 0 Å². The Morgan fingerprint density at radius 3 is 2.31 bits per heavy atom. The third-order valence-electron chi connectivity index (χ3n) is 12.8. The van der Waals surface area contributed by atoms with Crippen LogP contribution in [0.2, 0.25) is 0 Å². The summed E-state index contributed by atoms with van der Waals surface area (Å²) >= 11 is 0. The first kappa shape index (κ1) is 25.0. The summed E-state index contributed by atoms with van der Waals surface area (Å²) in [6, 6.07) is 0.